The molecule has 4 rings (SSSR count). The molecule has 3 aromatic rings. The highest BCUT2D eigenvalue weighted by Crippen LogP contribution is 2.30. The number of benzene rings is 2. The number of carbonyl (C=O) groups is 1. The maximum atomic E-state index is 12.7. The zero-order chi connectivity index (χ0) is 17.6. The van der Waals surface area contributed by atoms with Crippen molar-refractivity contribution in [2.24, 2.45) is 0 Å². The third-order valence-electron chi connectivity index (χ3n) is 4.67. The highest BCUT2D eigenvalue weighted by Gasteiger charge is 2.28. The van der Waals surface area contributed by atoms with E-state index in [2.05, 4.69) is 4.98 Å². The normalized spacial score (nSPS) is 15.2. The van der Waals surface area contributed by atoms with Crippen molar-refractivity contribution in [3.8, 4) is 0 Å². The summed E-state index contributed by atoms with van der Waals surface area (Å²) in [5.41, 5.74) is 3.76. The Kier molecular flexibility index (Phi) is 4.20. The van der Waals surface area contributed by atoms with Gasteiger partial charge in [-0.1, -0.05) is 35.3 Å². The molecule has 6 heteroatoms. The van der Waals surface area contributed by atoms with E-state index in [1.807, 2.05) is 18.2 Å². The Morgan fingerprint density at radius 1 is 1.12 bits per heavy atom. The molecule has 0 aliphatic carbocycles. The number of aliphatic hydroxyl groups is 1. The first-order valence-corrected chi connectivity index (χ1v) is 8.80. The Labute approximate surface area is 155 Å². The highest BCUT2D eigenvalue weighted by atomic mass is 35.5. The molecular formula is C19H16Cl2N2O2. The largest absolute Gasteiger partial charge is 0.378 e. The molecule has 25 heavy (non-hydrogen) atoms. The van der Waals surface area contributed by atoms with Crippen LogP contribution in [0.4, 0.5) is 0 Å². The van der Waals surface area contributed by atoms with Crippen molar-refractivity contribution in [3.63, 3.8) is 0 Å². The third-order valence-corrected chi connectivity index (χ3v) is 5.16. The summed E-state index contributed by atoms with van der Waals surface area (Å²) in [4.78, 5) is 17.7. The summed E-state index contributed by atoms with van der Waals surface area (Å²) in [5.74, 6) is -0.301. The number of aromatic nitrogens is 1. The topological polar surface area (TPSA) is 56.3 Å². The molecule has 2 heterocycles. The van der Waals surface area contributed by atoms with E-state index in [0.29, 0.717) is 28.7 Å². The maximum absolute atomic E-state index is 12.7. The number of halogens is 2. The Morgan fingerprint density at radius 2 is 1.84 bits per heavy atom. The number of amides is 1. The third kappa shape index (κ3) is 3.01. The Bertz CT molecular complexity index is 950. The average molecular weight is 375 g/mol. The Balaban J connectivity index is 1.58. The molecule has 1 aliphatic heterocycles. The number of aromatic amines is 1. The fourth-order valence-corrected chi connectivity index (χ4v) is 3.66. The van der Waals surface area contributed by atoms with Gasteiger partial charge in [-0.2, -0.15) is 0 Å². The van der Waals surface area contributed by atoms with Gasteiger partial charge in [0.15, 0.2) is 6.10 Å². The predicted molar refractivity (Wildman–Crippen MR) is 98.8 cm³/mol. The van der Waals surface area contributed by atoms with Gasteiger partial charge in [-0.15, -0.1) is 0 Å². The van der Waals surface area contributed by atoms with E-state index in [9.17, 15) is 9.90 Å². The van der Waals surface area contributed by atoms with Crippen LogP contribution in [0.5, 0.6) is 0 Å². The minimum absolute atomic E-state index is 0.301. The van der Waals surface area contributed by atoms with Crippen LogP contribution in [-0.4, -0.2) is 27.4 Å². The molecule has 1 amide bonds. The van der Waals surface area contributed by atoms with E-state index in [4.69, 9.17) is 23.2 Å². The zero-order valence-electron chi connectivity index (χ0n) is 13.3. The molecule has 0 bridgehead atoms. The molecule has 4 nitrogen and oxygen atoms in total. The first kappa shape index (κ1) is 16.5. The van der Waals surface area contributed by atoms with Gasteiger partial charge >= 0.3 is 0 Å². The van der Waals surface area contributed by atoms with Crippen molar-refractivity contribution in [3.05, 3.63) is 69.3 Å². The SMILES string of the molecule is O=C(C(O)c1ccc(Cl)cc1)N1CCc2c([nH]c3ccc(Cl)cc23)C1. The van der Waals surface area contributed by atoms with Crippen LogP contribution in [0.15, 0.2) is 42.5 Å². The summed E-state index contributed by atoms with van der Waals surface area (Å²) in [5, 5.41) is 12.8. The van der Waals surface area contributed by atoms with E-state index in [-0.39, 0.29) is 5.91 Å². The van der Waals surface area contributed by atoms with Gasteiger partial charge in [0.2, 0.25) is 0 Å². The van der Waals surface area contributed by atoms with E-state index in [1.165, 1.54) is 5.56 Å². The number of fused-ring (bicyclic) bond motifs is 3. The van der Waals surface area contributed by atoms with Gasteiger partial charge < -0.3 is 15.0 Å². The van der Waals surface area contributed by atoms with E-state index in [0.717, 1.165) is 23.0 Å². The van der Waals surface area contributed by atoms with E-state index in [1.54, 1.807) is 29.2 Å². The van der Waals surface area contributed by atoms with Crippen LogP contribution in [0.3, 0.4) is 0 Å². The van der Waals surface area contributed by atoms with Crippen molar-refractivity contribution in [2.45, 2.75) is 19.1 Å². The molecule has 0 saturated carbocycles. The van der Waals surface area contributed by atoms with Crippen LogP contribution < -0.4 is 0 Å². The molecule has 1 aromatic heterocycles. The van der Waals surface area contributed by atoms with Gasteiger partial charge in [0, 0.05) is 33.2 Å². The highest BCUT2D eigenvalue weighted by molar-refractivity contribution is 6.31. The molecule has 1 unspecified atom stereocenters. The molecule has 2 N–H and O–H groups in total. The first-order chi connectivity index (χ1) is 12.0. The summed E-state index contributed by atoms with van der Waals surface area (Å²) >= 11 is 12.0. The number of H-pyrrole nitrogens is 1. The lowest BCUT2D eigenvalue weighted by atomic mass is 10.0. The zero-order valence-corrected chi connectivity index (χ0v) is 14.8. The summed E-state index contributed by atoms with van der Waals surface area (Å²) in [7, 11) is 0. The molecule has 0 radical (unpaired) electrons. The Morgan fingerprint density at radius 3 is 2.60 bits per heavy atom. The Hall–Kier alpha value is -2.01. The molecule has 128 valence electrons. The number of carbonyl (C=O) groups excluding carboxylic acids is 1. The average Bonchev–Trinajstić information content (AvgIpc) is 2.98. The van der Waals surface area contributed by atoms with Crippen molar-refractivity contribution >= 4 is 40.0 Å². The minimum Gasteiger partial charge on any atom is -0.378 e. The van der Waals surface area contributed by atoms with Crippen LogP contribution in [0, 0.1) is 0 Å². The molecule has 0 saturated heterocycles. The second kappa shape index (κ2) is 6.37. The van der Waals surface area contributed by atoms with Gasteiger partial charge in [0.25, 0.3) is 5.91 Å². The van der Waals surface area contributed by atoms with Gasteiger partial charge in [0.1, 0.15) is 0 Å². The molecule has 1 atom stereocenters. The number of nitrogens with zero attached hydrogens (tertiary/aromatic N) is 1. The smallest absolute Gasteiger partial charge is 0.256 e. The second-order valence-electron chi connectivity index (χ2n) is 6.24. The predicted octanol–water partition coefficient (Wildman–Crippen LogP) is 4.09. The summed E-state index contributed by atoms with van der Waals surface area (Å²) in [6.45, 7) is 1.01. The minimum atomic E-state index is -1.18. The number of hydrogen-bond donors (Lipinski definition) is 2. The lowest BCUT2D eigenvalue weighted by Gasteiger charge is -2.29. The van der Waals surface area contributed by atoms with Crippen molar-refractivity contribution in [2.75, 3.05) is 6.54 Å². The quantitative estimate of drug-likeness (QED) is 0.709. The number of rotatable bonds is 2. The first-order valence-electron chi connectivity index (χ1n) is 8.04. The second-order valence-corrected chi connectivity index (χ2v) is 7.11. The monoisotopic (exact) mass is 374 g/mol. The molecule has 2 aromatic carbocycles. The van der Waals surface area contributed by atoms with Crippen molar-refractivity contribution in [1.29, 1.82) is 0 Å². The van der Waals surface area contributed by atoms with Crippen LogP contribution in [0.25, 0.3) is 10.9 Å². The maximum Gasteiger partial charge on any atom is 0.256 e. The van der Waals surface area contributed by atoms with Gasteiger partial charge in [-0.3, -0.25) is 4.79 Å². The summed E-state index contributed by atoms with van der Waals surface area (Å²) in [6, 6.07) is 12.4. The van der Waals surface area contributed by atoms with Crippen LogP contribution in [0.1, 0.15) is 22.9 Å². The molecule has 0 spiro atoms. The lowest BCUT2D eigenvalue weighted by molar-refractivity contribution is -0.141. The standard InChI is InChI=1S/C19H16Cl2N2O2/c20-12-3-1-11(2-4-12)18(24)19(25)23-8-7-14-15-9-13(21)5-6-16(15)22-17(14)10-23/h1-6,9,18,22,24H,7-8,10H2. The van der Waals surface area contributed by atoms with Gasteiger partial charge in [-0.05, 0) is 47.9 Å². The van der Waals surface area contributed by atoms with Crippen molar-refractivity contribution < 1.29 is 9.90 Å². The lowest BCUT2D eigenvalue weighted by Crippen LogP contribution is -2.39. The van der Waals surface area contributed by atoms with E-state index >= 15 is 0 Å². The van der Waals surface area contributed by atoms with E-state index < -0.39 is 6.10 Å². The van der Waals surface area contributed by atoms with Gasteiger partial charge in [-0.25, -0.2) is 0 Å². The fourth-order valence-electron chi connectivity index (χ4n) is 3.36. The van der Waals surface area contributed by atoms with Crippen molar-refractivity contribution in [1.82, 2.24) is 9.88 Å². The number of nitrogens with one attached hydrogen (secondary N) is 1. The number of hydrogen-bond acceptors (Lipinski definition) is 2. The molecule has 0 fully saturated rings. The van der Waals surface area contributed by atoms with Crippen LogP contribution >= 0.6 is 23.2 Å². The fraction of sp³-hybridized carbons (Fsp3) is 0.211. The summed E-state index contributed by atoms with van der Waals surface area (Å²) < 4.78 is 0. The van der Waals surface area contributed by atoms with Gasteiger partial charge in [0.05, 0.1) is 6.54 Å². The number of aliphatic hydroxyl groups excluding tert-OH is 1. The van der Waals surface area contributed by atoms with Crippen LogP contribution in [-0.2, 0) is 17.8 Å². The summed E-state index contributed by atoms with van der Waals surface area (Å²) in [6.07, 6.45) is -0.452. The van der Waals surface area contributed by atoms with Crippen LogP contribution in [0.2, 0.25) is 10.0 Å². The molecule has 1 aliphatic rings. The molecular weight excluding hydrogens is 359 g/mol.